The maximum atomic E-state index is 11.6. The van der Waals surface area contributed by atoms with Crippen molar-refractivity contribution in [3.63, 3.8) is 0 Å². The Labute approximate surface area is 194 Å². The lowest BCUT2D eigenvalue weighted by Gasteiger charge is -2.36. The number of fused-ring (bicyclic) bond motifs is 1. The van der Waals surface area contributed by atoms with Crippen molar-refractivity contribution in [2.24, 2.45) is 0 Å². The Hall–Kier alpha value is -2.77. The van der Waals surface area contributed by atoms with Crippen LogP contribution in [0.1, 0.15) is 31.2 Å². The second-order valence-corrected chi connectivity index (χ2v) is 9.18. The Morgan fingerprint density at radius 3 is 2.45 bits per heavy atom. The number of hydrogen-bond acceptors (Lipinski definition) is 6. The third-order valence-electron chi connectivity index (χ3n) is 6.80. The van der Waals surface area contributed by atoms with Gasteiger partial charge >= 0.3 is 5.76 Å². The Kier molecular flexibility index (Phi) is 6.98. The van der Waals surface area contributed by atoms with Gasteiger partial charge in [0, 0.05) is 39.3 Å². The molecule has 0 unspecified atom stereocenters. The number of piperidine rings is 1. The summed E-state index contributed by atoms with van der Waals surface area (Å²) in [5.41, 5.74) is 3.71. The number of oxazole rings is 1. The number of nitrogens with zero attached hydrogens (tertiary/aromatic N) is 3. The average Bonchev–Trinajstić information content (AvgIpc) is 3.24. The van der Waals surface area contributed by atoms with Crippen molar-refractivity contribution in [2.75, 3.05) is 57.3 Å². The van der Waals surface area contributed by atoms with Crippen molar-refractivity contribution in [3.05, 3.63) is 58.6 Å². The van der Waals surface area contributed by atoms with Gasteiger partial charge in [-0.15, -0.1) is 0 Å². The van der Waals surface area contributed by atoms with Crippen LogP contribution in [0.2, 0.25) is 0 Å². The van der Waals surface area contributed by atoms with Gasteiger partial charge in [0.1, 0.15) is 5.75 Å². The molecule has 7 nitrogen and oxygen atoms in total. The summed E-state index contributed by atoms with van der Waals surface area (Å²) in [4.78, 5) is 21.7. The second-order valence-electron chi connectivity index (χ2n) is 9.18. The lowest BCUT2D eigenvalue weighted by Crippen LogP contribution is -2.46. The predicted molar refractivity (Wildman–Crippen MR) is 131 cm³/mol. The molecule has 33 heavy (non-hydrogen) atoms. The Morgan fingerprint density at radius 2 is 1.67 bits per heavy atom. The first-order valence-electron chi connectivity index (χ1n) is 12.3. The molecule has 0 saturated carbocycles. The maximum absolute atomic E-state index is 11.6. The number of hydrogen-bond donors (Lipinski definition) is 1. The second kappa shape index (κ2) is 10.4. The summed E-state index contributed by atoms with van der Waals surface area (Å²) < 4.78 is 11.3. The van der Waals surface area contributed by atoms with Crippen molar-refractivity contribution in [1.82, 2.24) is 14.8 Å². The van der Waals surface area contributed by atoms with Crippen LogP contribution in [-0.4, -0.2) is 67.2 Å². The minimum absolute atomic E-state index is 0.398. The molecule has 0 amide bonds. The van der Waals surface area contributed by atoms with Crippen LogP contribution in [0.15, 0.2) is 51.7 Å². The fourth-order valence-corrected chi connectivity index (χ4v) is 4.97. The molecular weight excluding hydrogens is 416 g/mol. The number of para-hydroxylation sites is 1. The van der Waals surface area contributed by atoms with Crippen molar-refractivity contribution >= 4 is 16.8 Å². The molecule has 1 aromatic heterocycles. The first-order chi connectivity index (χ1) is 16.2. The van der Waals surface area contributed by atoms with E-state index < -0.39 is 5.76 Å². The summed E-state index contributed by atoms with van der Waals surface area (Å²) >= 11 is 0. The zero-order valence-electron chi connectivity index (χ0n) is 19.3. The third kappa shape index (κ3) is 5.60. The fourth-order valence-electron chi connectivity index (χ4n) is 4.97. The highest BCUT2D eigenvalue weighted by atomic mass is 16.5. The molecule has 5 rings (SSSR count). The van der Waals surface area contributed by atoms with E-state index in [1.165, 1.54) is 37.9 Å². The van der Waals surface area contributed by atoms with Crippen LogP contribution >= 0.6 is 0 Å². The van der Waals surface area contributed by atoms with Crippen molar-refractivity contribution in [3.8, 4) is 5.75 Å². The highest BCUT2D eigenvalue weighted by Gasteiger charge is 2.20. The molecule has 3 heterocycles. The van der Waals surface area contributed by atoms with E-state index in [1.807, 2.05) is 18.2 Å². The summed E-state index contributed by atoms with van der Waals surface area (Å²) in [5.74, 6) is 0.564. The topological polar surface area (TPSA) is 65.0 Å². The molecule has 0 radical (unpaired) electrons. The summed E-state index contributed by atoms with van der Waals surface area (Å²) in [7, 11) is 0. The van der Waals surface area contributed by atoms with Gasteiger partial charge in [0.15, 0.2) is 5.58 Å². The van der Waals surface area contributed by atoms with E-state index in [0.717, 1.165) is 69.2 Å². The molecule has 2 aromatic carbocycles. The van der Waals surface area contributed by atoms with Crippen molar-refractivity contribution in [1.29, 1.82) is 0 Å². The molecule has 2 aliphatic rings. The van der Waals surface area contributed by atoms with E-state index in [-0.39, 0.29) is 0 Å². The van der Waals surface area contributed by atoms with Crippen molar-refractivity contribution < 1.29 is 9.15 Å². The minimum Gasteiger partial charge on any atom is -0.494 e. The number of ether oxygens (including phenoxy) is 1. The monoisotopic (exact) mass is 450 g/mol. The van der Waals surface area contributed by atoms with Crippen LogP contribution in [0, 0.1) is 0 Å². The molecule has 3 aromatic rings. The lowest BCUT2D eigenvalue weighted by atomic mass is 10.1. The summed E-state index contributed by atoms with van der Waals surface area (Å²) in [6.07, 6.45) is 5.17. The largest absolute Gasteiger partial charge is 0.494 e. The number of aromatic nitrogens is 1. The summed E-state index contributed by atoms with van der Waals surface area (Å²) in [6.45, 7) is 9.13. The Balaban J connectivity index is 1.07. The minimum atomic E-state index is -0.398. The number of likely N-dealkylation sites (tertiary alicyclic amines) is 1. The lowest BCUT2D eigenvalue weighted by molar-refractivity contribution is 0.205. The van der Waals surface area contributed by atoms with Gasteiger partial charge in [-0.3, -0.25) is 9.88 Å². The molecule has 2 aliphatic heterocycles. The number of rotatable bonds is 8. The van der Waals surface area contributed by atoms with Gasteiger partial charge in [-0.1, -0.05) is 24.6 Å². The van der Waals surface area contributed by atoms with Crippen LogP contribution in [-0.2, 0) is 6.54 Å². The van der Waals surface area contributed by atoms with E-state index in [1.54, 1.807) is 0 Å². The number of nitrogens with one attached hydrogen (secondary N) is 1. The van der Waals surface area contributed by atoms with Gasteiger partial charge in [0.2, 0.25) is 0 Å². The quantitative estimate of drug-likeness (QED) is 0.528. The smallest absolute Gasteiger partial charge is 0.417 e. The molecule has 176 valence electrons. The predicted octanol–water partition coefficient (Wildman–Crippen LogP) is 3.70. The van der Waals surface area contributed by atoms with Crippen LogP contribution in [0.25, 0.3) is 11.1 Å². The summed E-state index contributed by atoms with van der Waals surface area (Å²) in [5, 5.41) is 0. The Bertz CT molecular complexity index is 1080. The molecule has 0 aliphatic carbocycles. The standard InChI is InChI=1S/C26H34N4O3/c31-26-27-23-6-4-7-24(25(23)33-26)30-17-15-29(16-18-30)20-21-8-10-22(11-9-21)32-19-5-14-28-12-2-1-3-13-28/h4,6-11H,1-3,5,12-20H2,(H,27,31). The Morgan fingerprint density at radius 1 is 0.879 bits per heavy atom. The molecule has 0 atom stereocenters. The average molecular weight is 451 g/mol. The van der Waals surface area contributed by atoms with E-state index in [4.69, 9.17) is 9.15 Å². The van der Waals surface area contributed by atoms with Gasteiger partial charge in [-0.2, -0.15) is 0 Å². The van der Waals surface area contributed by atoms with Crippen LogP contribution in [0.5, 0.6) is 5.75 Å². The van der Waals surface area contributed by atoms with Gasteiger partial charge in [-0.05, 0) is 62.2 Å². The van der Waals surface area contributed by atoms with Gasteiger partial charge in [0.25, 0.3) is 0 Å². The molecule has 2 fully saturated rings. The van der Waals surface area contributed by atoms with Crippen LogP contribution in [0.4, 0.5) is 5.69 Å². The van der Waals surface area contributed by atoms with Gasteiger partial charge in [-0.25, -0.2) is 4.79 Å². The number of H-pyrrole nitrogens is 1. The number of anilines is 1. The van der Waals surface area contributed by atoms with Gasteiger partial charge in [0.05, 0.1) is 17.8 Å². The molecule has 0 bridgehead atoms. The van der Waals surface area contributed by atoms with Crippen molar-refractivity contribution in [2.45, 2.75) is 32.2 Å². The molecule has 1 N–H and O–H groups in total. The molecular formula is C26H34N4O3. The number of piperazine rings is 1. The SMILES string of the molecule is O=c1[nH]c2cccc(N3CCN(Cc4ccc(OCCCN5CCCCC5)cc4)CC3)c2o1. The maximum Gasteiger partial charge on any atom is 0.417 e. The molecule has 7 heteroatoms. The molecule has 0 spiro atoms. The normalized spacial score (nSPS) is 18.1. The number of aromatic amines is 1. The highest BCUT2D eigenvalue weighted by molar-refractivity contribution is 5.86. The third-order valence-corrected chi connectivity index (χ3v) is 6.80. The van der Waals surface area contributed by atoms with Crippen LogP contribution in [0.3, 0.4) is 0 Å². The first kappa shape index (κ1) is 22.0. The van der Waals surface area contributed by atoms with Crippen LogP contribution < -0.4 is 15.4 Å². The number of benzene rings is 2. The molecule has 2 saturated heterocycles. The van der Waals surface area contributed by atoms with Gasteiger partial charge < -0.3 is 19.0 Å². The van der Waals surface area contributed by atoms with E-state index in [9.17, 15) is 4.79 Å². The van der Waals surface area contributed by atoms with E-state index in [2.05, 4.69) is 43.9 Å². The fraction of sp³-hybridized carbons (Fsp3) is 0.500. The summed E-state index contributed by atoms with van der Waals surface area (Å²) in [6, 6.07) is 14.4. The van der Waals surface area contributed by atoms with E-state index >= 15 is 0 Å². The zero-order chi connectivity index (χ0) is 22.5. The zero-order valence-corrected chi connectivity index (χ0v) is 19.3. The van der Waals surface area contributed by atoms with E-state index in [0.29, 0.717) is 5.58 Å². The first-order valence-corrected chi connectivity index (χ1v) is 12.3. The highest BCUT2D eigenvalue weighted by Crippen LogP contribution is 2.26.